The van der Waals surface area contributed by atoms with Gasteiger partial charge in [-0.2, -0.15) is 17.4 Å². The summed E-state index contributed by atoms with van der Waals surface area (Å²) in [5.41, 5.74) is 5.66. The molecule has 3 N–H and O–H groups in total. The minimum Gasteiger partial charge on any atom is -0.347 e. The molecule has 132 valence electrons. The van der Waals surface area contributed by atoms with E-state index in [4.69, 9.17) is 15.2 Å². The maximum Gasteiger partial charge on any atom is 0.279 e. The van der Waals surface area contributed by atoms with E-state index in [2.05, 4.69) is 11.6 Å². The van der Waals surface area contributed by atoms with Gasteiger partial charge in [-0.15, -0.1) is 12.4 Å². The van der Waals surface area contributed by atoms with Crippen molar-refractivity contribution in [3.63, 3.8) is 0 Å². The summed E-state index contributed by atoms with van der Waals surface area (Å²) in [6, 6.07) is -0.190. The fourth-order valence-corrected chi connectivity index (χ4v) is 4.26. The Morgan fingerprint density at radius 3 is 2.36 bits per heavy atom. The van der Waals surface area contributed by atoms with Gasteiger partial charge in [-0.25, -0.2) is 0 Å². The Morgan fingerprint density at radius 2 is 1.86 bits per heavy atom. The first-order chi connectivity index (χ1) is 10.0. The summed E-state index contributed by atoms with van der Waals surface area (Å²) in [5.74, 6) is -0.554. The van der Waals surface area contributed by atoms with E-state index in [1.807, 2.05) is 0 Å². The monoisotopic (exact) mass is 357 g/mol. The Labute approximate surface area is 139 Å². The molecule has 0 amide bonds. The van der Waals surface area contributed by atoms with Crippen LogP contribution in [0.25, 0.3) is 0 Å². The van der Waals surface area contributed by atoms with Crippen molar-refractivity contribution in [2.45, 2.75) is 50.9 Å². The number of nitrogens with two attached hydrogens (primary N) is 1. The Hall–Kier alpha value is 0.0400. The van der Waals surface area contributed by atoms with Crippen molar-refractivity contribution in [3.8, 4) is 0 Å². The summed E-state index contributed by atoms with van der Waals surface area (Å²) in [6.07, 6.45) is 3.93. The van der Waals surface area contributed by atoms with Gasteiger partial charge in [0, 0.05) is 38.5 Å². The maximum atomic E-state index is 12.4. The molecule has 0 bridgehead atoms. The van der Waals surface area contributed by atoms with Crippen molar-refractivity contribution >= 4 is 22.6 Å². The Balaban J connectivity index is 0.00000242. The molecule has 22 heavy (non-hydrogen) atoms. The lowest BCUT2D eigenvalue weighted by molar-refractivity contribution is -0.179. The van der Waals surface area contributed by atoms with Crippen LogP contribution in [0.4, 0.5) is 0 Å². The SMILES string of the molecule is CCCCC(CN)NS(=O)(=O)N1CCC2(CC1)OCCO2.Cl. The molecule has 2 heterocycles. The summed E-state index contributed by atoms with van der Waals surface area (Å²) in [4.78, 5) is 0. The van der Waals surface area contributed by atoms with E-state index in [-0.39, 0.29) is 18.4 Å². The molecule has 0 aromatic heterocycles. The molecule has 2 saturated heterocycles. The molecule has 2 rings (SSSR count). The van der Waals surface area contributed by atoms with E-state index in [9.17, 15) is 8.42 Å². The van der Waals surface area contributed by atoms with Crippen LogP contribution in [0.15, 0.2) is 0 Å². The molecule has 0 aromatic carbocycles. The minimum atomic E-state index is -3.48. The third kappa shape index (κ3) is 5.02. The normalized spacial score (nSPS) is 23.4. The first kappa shape index (κ1) is 20.1. The predicted octanol–water partition coefficient (Wildman–Crippen LogP) is 0.599. The molecule has 2 aliphatic rings. The number of hydrogen-bond donors (Lipinski definition) is 2. The number of unbranched alkanes of at least 4 members (excludes halogenated alkanes) is 1. The van der Waals surface area contributed by atoms with Crippen molar-refractivity contribution in [2.24, 2.45) is 5.73 Å². The molecule has 2 aliphatic heterocycles. The number of ether oxygens (including phenoxy) is 2. The second-order valence-corrected chi connectivity index (χ2v) is 7.41. The first-order valence-electron chi connectivity index (χ1n) is 7.77. The Bertz CT molecular complexity index is 419. The first-order valence-corrected chi connectivity index (χ1v) is 9.21. The molecular weight excluding hydrogens is 330 g/mol. The maximum absolute atomic E-state index is 12.4. The van der Waals surface area contributed by atoms with Crippen molar-refractivity contribution in [2.75, 3.05) is 32.8 Å². The van der Waals surface area contributed by atoms with Gasteiger partial charge in [-0.1, -0.05) is 19.8 Å². The van der Waals surface area contributed by atoms with Gasteiger partial charge in [0.05, 0.1) is 13.2 Å². The third-order valence-corrected chi connectivity index (χ3v) is 5.82. The second-order valence-electron chi connectivity index (χ2n) is 5.70. The summed E-state index contributed by atoms with van der Waals surface area (Å²) in [7, 11) is -3.48. The molecule has 1 unspecified atom stereocenters. The average molecular weight is 358 g/mol. The fraction of sp³-hybridized carbons (Fsp3) is 1.00. The van der Waals surface area contributed by atoms with Crippen LogP contribution in [0.5, 0.6) is 0 Å². The Kier molecular flexibility index (Phi) is 8.01. The summed E-state index contributed by atoms with van der Waals surface area (Å²) in [6.45, 7) is 4.42. The van der Waals surface area contributed by atoms with E-state index in [0.29, 0.717) is 45.7 Å². The van der Waals surface area contributed by atoms with Gasteiger partial charge in [0.1, 0.15) is 0 Å². The van der Waals surface area contributed by atoms with Crippen LogP contribution in [0.1, 0.15) is 39.0 Å². The molecule has 0 aliphatic carbocycles. The average Bonchev–Trinajstić information content (AvgIpc) is 2.92. The van der Waals surface area contributed by atoms with Gasteiger partial charge >= 0.3 is 0 Å². The largest absolute Gasteiger partial charge is 0.347 e. The molecule has 1 atom stereocenters. The van der Waals surface area contributed by atoms with E-state index in [1.54, 1.807) is 0 Å². The number of hydrogen-bond acceptors (Lipinski definition) is 5. The smallest absolute Gasteiger partial charge is 0.279 e. The van der Waals surface area contributed by atoms with Crippen LogP contribution in [-0.2, 0) is 19.7 Å². The zero-order chi connectivity index (χ0) is 15.3. The topological polar surface area (TPSA) is 93.9 Å². The highest BCUT2D eigenvalue weighted by molar-refractivity contribution is 7.87. The van der Waals surface area contributed by atoms with E-state index < -0.39 is 16.0 Å². The van der Waals surface area contributed by atoms with Crippen molar-refractivity contribution in [1.82, 2.24) is 9.03 Å². The molecule has 0 aromatic rings. The van der Waals surface area contributed by atoms with E-state index >= 15 is 0 Å². The van der Waals surface area contributed by atoms with Crippen LogP contribution >= 0.6 is 12.4 Å². The van der Waals surface area contributed by atoms with Crippen LogP contribution in [0, 0.1) is 0 Å². The highest BCUT2D eigenvalue weighted by Gasteiger charge is 2.42. The highest BCUT2D eigenvalue weighted by atomic mass is 35.5. The van der Waals surface area contributed by atoms with Crippen LogP contribution in [0.3, 0.4) is 0 Å². The molecule has 0 radical (unpaired) electrons. The number of halogens is 1. The van der Waals surface area contributed by atoms with Crippen molar-refractivity contribution < 1.29 is 17.9 Å². The molecule has 1 spiro atoms. The van der Waals surface area contributed by atoms with Gasteiger partial charge in [0.15, 0.2) is 5.79 Å². The number of nitrogens with zero attached hydrogens (tertiary/aromatic N) is 1. The lowest BCUT2D eigenvalue weighted by Crippen LogP contribution is -2.53. The van der Waals surface area contributed by atoms with Crippen LogP contribution in [-0.4, -0.2) is 57.4 Å². The second kappa shape index (κ2) is 8.77. The van der Waals surface area contributed by atoms with Gasteiger partial charge in [-0.05, 0) is 6.42 Å². The van der Waals surface area contributed by atoms with Gasteiger partial charge in [-0.3, -0.25) is 0 Å². The molecule has 0 saturated carbocycles. The minimum absolute atomic E-state index is 0. The highest BCUT2D eigenvalue weighted by Crippen LogP contribution is 2.31. The molecule has 9 heteroatoms. The summed E-state index contributed by atoms with van der Waals surface area (Å²) >= 11 is 0. The third-order valence-electron chi connectivity index (χ3n) is 4.14. The Morgan fingerprint density at radius 1 is 1.27 bits per heavy atom. The molecule has 2 fully saturated rings. The van der Waals surface area contributed by atoms with Crippen LogP contribution < -0.4 is 10.5 Å². The summed E-state index contributed by atoms with van der Waals surface area (Å²) < 4.78 is 40.2. The zero-order valence-electron chi connectivity index (χ0n) is 13.1. The number of nitrogens with one attached hydrogen (secondary N) is 1. The van der Waals surface area contributed by atoms with Gasteiger partial charge in [0.25, 0.3) is 10.2 Å². The molecular formula is C13H28ClN3O4S. The van der Waals surface area contributed by atoms with Crippen molar-refractivity contribution in [1.29, 1.82) is 0 Å². The molecule has 7 nitrogen and oxygen atoms in total. The zero-order valence-corrected chi connectivity index (χ0v) is 14.8. The number of rotatable bonds is 7. The quantitative estimate of drug-likeness (QED) is 0.695. The van der Waals surface area contributed by atoms with E-state index in [0.717, 1.165) is 19.3 Å². The van der Waals surface area contributed by atoms with Crippen LogP contribution in [0.2, 0.25) is 0 Å². The van der Waals surface area contributed by atoms with Crippen molar-refractivity contribution in [3.05, 3.63) is 0 Å². The predicted molar refractivity (Wildman–Crippen MR) is 87.1 cm³/mol. The standard InChI is InChI=1S/C13H27N3O4S.ClH/c1-2-3-4-12(11-14)15-21(17,18)16-7-5-13(6-8-16)19-9-10-20-13;/h12,15H,2-11,14H2,1H3;1H. The van der Waals surface area contributed by atoms with Gasteiger partial charge in [0.2, 0.25) is 0 Å². The summed E-state index contributed by atoms with van der Waals surface area (Å²) in [5, 5.41) is 0. The number of piperidine rings is 1. The van der Waals surface area contributed by atoms with Gasteiger partial charge < -0.3 is 15.2 Å². The lowest BCUT2D eigenvalue weighted by Gasteiger charge is -2.37. The fourth-order valence-electron chi connectivity index (χ4n) is 2.81. The lowest BCUT2D eigenvalue weighted by atomic mass is 10.1. The van der Waals surface area contributed by atoms with E-state index in [1.165, 1.54) is 4.31 Å².